The zero-order valence-electron chi connectivity index (χ0n) is 7.70. The predicted octanol–water partition coefficient (Wildman–Crippen LogP) is -0.459. The summed E-state index contributed by atoms with van der Waals surface area (Å²) in [5.74, 6) is 0. The van der Waals surface area contributed by atoms with Crippen molar-refractivity contribution in [1.29, 1.82) is 0 Å². The van der Waals surface area contributed by atoms with E-state index >= 15 is 0 Å². The van der Waals surface area contributed by atoms with Gasteiger partial charge in [0, 0.05) is 0 Å². The van der Waals surface area contributed by atoms with Crippen LogP contribution in [0.1, 0.15) is 5.56 Å². The third kappa shape index (κ3) is 2.68. The number of aryl methyl sites for hydroxylation is 1. The average molecular weight is 178 g/mol. The minimum absolute atomic E-state index is 0.0231. The van der Waals surface area contributed by atoms with Crippen molar-refractivity contribution in [2.24, 2.45) is 0 Å². The Morgan fingerprint density at radius 2 is 1.69 bits per heavy atom. The Hall–Kier alpha value is -1.12. The van der Waals surface area contributed by atoms with Gasteiger partial charge in [0.1, 0.15) is 0 Å². The van der Waals surface area contributed by atoms with Gasteiger partial charge in [-0.15, -0.1) is 0 Å². The third-order valence-electron chi connectivity index (χ3n) is 1.86. The number of aliphatic hydroxyl groups is 2. The Morgan fingerprint density at radius 3 is 2.31 bits per heavy atom. The van der Waals surface area contributed by atoms with Crippen molar-refractivity contribution in [2.75, 3.05) is 13.2 Å². The normalized spacial score (nSPS) is 13.8. The van der Waals surface area contributed by atoms with Crippen LogP contribution in [0.15, 0.2) is 18.2 Å². The first kappa shape index (κ1) is 9.96. The van der Waals surface area contributed by atoms with E-state index in [0.29, 0.717) is 0 Å². The molecule has 2 heteroatoms. The van der Waals surface area contributed by atoms with E-state index in [9.17, 15) is 0 Å². The number of aliphatic hydroxyl groups excluding tert-OH is 2. The van der Waals surface area contributed by atoms with Crippen LogP contribution in [0.3, 0.4) is 0 Å². The first-order valence-corrected chi connectivity index (χ1v) is 4.26. The third-order valence-corrected chi connectivity index (χ3v) is 1.86. The van der Waals surface area contributed by atoms with Crippen molar-refractivity contribution in [3.8, 4) is 0 Å². The zero-order valence-corrected chi connectivity index (χ0v) is 7.70. The van der Waals surface area contributed by atoms with E-state index < -0.39 is 0 Å². The molecule has 0 aliphatic rings. The molecule has 1 rings (SSSR count). The molecule has 2 nitrogen and oxygen atoms in total. The van der Waals surface area contributed by atoms with Gasteiger partial charge in [0.15, 0.2) is 0 Å². The van der Waals surface area contributed by atoms with Crippen LogP contribution in [0, 0.1) is 6.92 Å². The lowest BCUT2D eigenvalue weighted by molar-refractivity contribution is 0.353. The molecule has 70 valence electrons. The van der Waals surface area contributed by atoms with Crippen LogP contribution >= 0.6 is 0 Å². The van der Waals surface area contributed by atoms with Crippen molar-refractivity contribution in [3.05, 3.63) is 34.2 Å². The fraction of sp³-hybridized carbons (Fsp3) is 0.273. The van der Waals surface area contributed by atoms with Crippen LogP contribution in [0.4, 0.5) is 0 Å². The molecule has 0 fully saturated rings. The molecule has 13 heavy (non-hydrogen) atoms. The second-order valence-electron chi connectivity index (χ2n) is 2.91. The molecule has 0 saturated heterocycles. The van der Waals surface area contributed by atoms with E-state index in [1.807, 2.05) is 25.1 Å². The predicted molar refractivity (Wildman–Crippen MR) is 53.5 cm³/mol. The van der Waals surface area contributed by atoms with E-state index in [-0.39, 0.29) is 13.2 Å². The van der Waals surface area contributed by atoms with Gasteiger partial charge >= 0.3 is 0 Å². The number of rotatable bonds is 2. The van der Waals surface area contributed by atoms with Gasteiger partial charge in [-0.2, -0.15) is 0 Å². The molecule has 0 heterocycles. The highest BCUT2D eigenvalue weighted by molar-refractivity contribution is 5.34. The summed E-state index contributed by atoms with van der Waals surface area (Å²) in [5, 5.41) is 19.5. The maximum Gasteiger partial charge on any atom is 0.0621 e. The van der Waals surface area contributed by atoms with Crippen molar-refractivity contribution in [2.45, 2.75) is 6.92 Å². The van der Waals surface area contributed by atoms with Gasteiger partial charge in [0.2, 0.25) is 0 Å². The Morgan fingerprint density at radius 1 is 1.08 bits per heavy atom. The minimum Gasteiger partial charge on any atom is -0.392 e. The van der Waals surface area contributed by atoms with Gasteiger partial charge in [0.05, 0.1) is 13.2 Å². The second-order valence-corrected chi connectivity index (χ2v) is 2.91. The smallest absolute Gasteiger partial charge is 0.0621 e. The molecule has 0 amide bonds. The van der Waals surface area contributed by atoms with Gasteiger partial charge in [-0.25, -0.2) is 0 Å². The van der Waals surface area contributed by atoms with Gasteiger partial charge in [0.25, 0.3) is 0 Å². The molecule has 0 aliphatic carbocycles. The van der Waals surface area contributed by atoms with Crippen molar-refractivity contribution >= 4 is 12.2 Å². The maximum atomic E-state index is 8.77. The number of hydrogen-bond acceptors (Lipinski definition) is 2. The highest BCUT2D eigenvalue weighted by Crippen LogP contribution is 1.86. The number of hydrogen-bond donors (Lipinski definition) is 2. The summed E-state index contributed by atoms with van der Waals surface area (Å²) in [6.07, 6.45) is 3.45. The highest BCUT2D eigenvalue weighted by Gasteiger charge is 1.86. The second kappa shape index (κ2) is 4.80. The van der Waals surface area contributed by atoms with Gasteiger partial charge in [-0.3, -0.25) is 0 Å². The van der Waals surface area contributed by atoms with Crippen LogP contribution in [-0.2, 0) is 0 Å². The topological polar surface area (TPSA) is 40.5 Å². The summed E-state index contributed by atoms with van der Waals surface area (Å²) in [4.78, 5) is 0. The van der Waals surface area contributed by atoms with E-state index in [4.69, 9.17) is 10.2 Å². The molecule has 0 atom stereocenters. The fourth-order valence-corrected chi connectivity index (χ4v) is 1.25. The molecular weight excluding hydrogens is 164 g/mol. The summed E-state index contributed by atoms with van der Waals surface area (Å²) in [7, 11) is 0. The fourth-order valence-electron chi connectivity index (χ4n) is 1.25. The standard InChI is InChI=1S/C11H14O2/c1-9-2-3-10(4-6-12)11(8-9)5-7-13/h2-5,8,12-13H,6-7H2,1H3. The molecule has 1 aromatic carbocycles. The average Bonchev–Trinajstić information content (AvgIpc) is 2.10. The summed E-state index contributed by atoms with van der Waals surface area (Å²) < 4.78 is 0. The lowest BCUT2D eigenvalue weighted by Gasteiger charge is -1.93. The van der Waals surface area contributed by atoms with Crippen LogP contribution in [0.2, 0.25) is 0 Å². The van der Waals surface area contributed by atoms with Crippen LogP contribution in [0.25, 0.3) is 12.2 Å². The van der Waals surface area contributed by atoms with Crippen molar-refractivity contribution < 1.29 is 10.2 Å². The van der Waals surface area contributed by atoms with Crippen LogP contribution in [-0.4, -0.2) is 23.4 Å². The summed E-state index contributed by atoms with van der Waals surface area (Å²) in [6.45, 7) is 2.04. The molecule has 0 aliphatic heterocycles. The Balaban J connectivity index is 3.36. The van der Waals surface area contributed by atoms with Crippen molar-refractivity contribution in [1.82, 2.24) is 0 Å². The molecule has 0 unspecified atom stereocenters. The van der Waals surface area contributed by atoms with Crippen molar-refractivity contribution in [3.63, 3.8) is 0 Å². The molecule has 0 bridgehead atoms. The zero-order chi connectivity index (χ0) is 9.68. The first-order valence-electron chi connectivity index (χ1n) is 4.26. The van der Waals surface area contributed by atoms with E-state index in [1.54, 1.807) is 12.2 Å². The highest BCUT2D eigenvalue weighted by atomic mass is 16.3. The van der Waals surface area contributed by atoms with E-state index in [1.165, 1.54) is 0 Å². The van der Waals surface area contributed by atoms with E-state index in [2.05, 4.69) is 0 Å². The van der Waals surface area contributed by atoms with Gasteiger partial charge in [-0.05, 0) is 17.4 Å². The lowest BCUT2D eigenvalue weighted by Crippen LogP contribution is -2.25. The Labute approximate surface area is 77.5 Å². The SMILES string of the molecule is Cc1ccc(=CCO)c(=CCO)c1. The van der Waals surface area contributed by atoms with E-state index in [0.717, 1.165) is 16.0 Å². The monoisotopic (exact) mass is 178 g/mol. The number of benzene rings is 1. The Kier molecular flexibility index (Phi) is 3.68. The quantitative estimate of drug-likeness (QED) is 0.643. The van der Waals surface area contributed by atoms with Gasteiger partial charge in [-0.1, -0.05) is 35.9 Å². The van der Waals surface area contributed by atoms with Gasteiger partial charge < -0.3 is 10.2 Å². The minimum atomic E-state index is 0.0231. The first-order chi connectivity index (χ1) is 6.27. The molecule has 1 aromatic rings. The molecule has 0 aromatic heterocycles. The molecule has 0 spiro atoms. The summed E-state index contributed by atoms with van der Waals surface area (Å²) in [5.41, 5.74) is 1.15. The largest absolute Gasteiger partial charge is 0.392 e. The van der Waals surface area contributed by atoms with Crippen LogP contribution in [0.5, 0.6) is 0 Å². The maximum absolute atomic E-state index is 8.77. The summed E-state index contributed by atoms with van der Waals surface area (Å²) >= 11 is 0. The van der Waals surface area contributed by atoms with Crippen LogP contribution < -0.4 is 10.4 Å². The molecular formula is C11H14O2. The molecule has 2 N–H and O–H groups in total. The molecule has 0 saturated carbocycles. The Bertz CT molecular complexity index is 380. The summed E-state index contributed by atoms with van der Waals surface area (Å²) in [6, 6.07) is 5.90. The molecule has 0 radical (unpaired) electrons. The lowest BCUT2D eigenvalue weighted by atomic mass is 10.1.